The Morgan fingerprint density at radius 3 is 2.59 bits per heavy atom. The summed E-state index contributed by atoms with van der Waals surface area (Å²) in [5.74, 6) is 0.637. The Balaban J connectivity index is 2.24. The van der Waals surface area contributed by atoms with E-state index in [9.17, 15) is 4.79 Å². The lowest BCUT2D eigenvalue weighted by Crippen LogP contribution is -2.30. The zero-order valence-electron chi connectivity index (χ0n) is 15.3. The van der Waals surface area contributed by atoms with Gasteiger partial charge in [0.1, 0.15) is 5.60 Å². The molecule has 1 saturated heterocycles. The standard InChI is InChI=1S/C19H36O3/c1-6-16-10-7-11-17(21-16)12-13-18(20)22-19(4,5)14-8-9-15(2)3/h15-17H,6-14H2,1-5H3. The summed E-state index contributed by atoms with van der Waals surface area (Å²) in [6.07, 6.45) is 9.71. The van der Waals surface area contributed by atoms with Crippen LogP contribution in [-0.4, -0.2) is 23.8 Å². The first-order valence-electron chi connectivity index (χ1n) is 9.19. The second-order valence-electron chi connectivity index (χ2n) is 7.78. The van der Waals surface area contributed by atoms with Crippen molar-refractivity contribution in [3.63, 3.8) is 0 Å². The van der Waals surface area contributed by atoms with E-state index in [1.54, 1.807) is 0 Å². The molecular formula is C19H36O3. The smallest absolute Gasteiger partial charge is 0.306 e. The summed E-state index contributed by atoms with van der Waals surface area (Å²) < 4.78 is 11.7. The van der Waals surface area contributed by atoms with Crippen molar-refractivity contribution in [3.05, 3.63) is 0 Å². The molecule has 3 heteroatoms. The summed E-state index contributed by atoms with van der Waals surface area (Å²) in [5.41, 5.74) is -0.342. The van der Waals surface area contributed by atoms with Gasteiger partial charge in [-0.15, -0.1) is 0 Å². The molecule has 0 aliphatic carbocycles. The first kappa shape index (κ1) is 19.5. The van der Waals surface area contributed by atoms with Crippen LogP contribution in [0.3, 0.4) is 0 Å². The van der Waals surface area contributed by atoms with Crippen molar-refractivity contribution in [1.29, 1.82) is 0 Å². The van der Waals surface area contributed by atoms with Gasteiger partial charge in [-0.2, -0.15) is 0 Å². The molecule has 0 amide bonds. The second-order valence-corrected chi connectivity index (χ2v) is 7.78. The van der Waals surface area contributed by atoms with Crippen LogP contribution in [0.5, 0.6) is 0 Å². The third kappa shape index (κ3) is 8.17. The fraction of sp³-hybridized carbons (Fsp3) is 0.947. The minimum Gasteiger partial charge on any atom is -0.460 e. The van der Waals surface area contributed by atoms with E-state index in [0.29, 0.717) is 18.4 Å². The van der Waals surface area contributed by atoms with E-state index in [1.165, 1.54) is 19.3 Å². The number of hydrogen-bond donors (Lipinski definition) is 0. The van der Waals surface area contributed by atoms with Gasteiger partial charge in [0.2, 0.25) is 0 Å². The van der Waals surface area contributed by atoms with Crippen LogP contribution in [0.2, 0.25) is 0 Å². The molecule has 1 rings (SSSR count). The fourth-order valence-corrected chi connectivity index (χ4v) is 3.12. The summed E-state index contributed by atoms with van der Waals surface area (Å²) in [5, 5.41) is 0. The highest BCUT2D eigenvalue weighted by Gasteiger charge is 2.25. The molecule has 22 heavy (non-hydrogen) atoms. The van der Waals surface area contributed by atoms with Gasteiger partial charge in [-0.25, -0.2) is 0 Å². The van der Waals surface area contributed by atoms with Crippen LogP contribution >= 0.6 is 0 Å². The zero-order valence-corrected chi connectivity index (χ0v) is 15.3. The molecule has 0 radical (unpaired) electrons. The molecule has 2 atom stereocenters. The topological polar surface area (TPSA) is 35.5 Å². The molecule has 0 aromatic heterocycles. The molecule has 0 bridgehead atoms. The first-order chi connectivity index (χ1) is 10.3. The fourth-order valence-electron chi connectivity index (χ4n) is 3.12. The summed E-state index contributed by atoms with van der Waals surface area (Å²) >= 11 is 0. The summed E-state index contributed by atoms with van der Waals surface area (Å²) in [4.78, 5) is 12.1. The predicted molar refractivity (Wildman–Crippen MR) is 90.9 cm³/mol. The molecule has 3 nitrogen and oxygen atoms in total. The van der Waals surface area contributed by atoms with Crippen molar-refractivity contribution in [3.8, 4) is 0 Å². The van der Waals surface area contributed by atoms with Crippen molar-refractivity contribution in [2.24, 2.45) is 5.92 Å². The maximum atomic E-state index is 12.1. The van der Waals surface area contributed by atoms with Crippen LogP contribution in [0.15, 0.2) is 0 Å². The Bertz CT molecular complexity index is 323. The largest absolute Gasteiger partial charge is 0.460 e. The molecule has 0 N–H and O–H groups in total. The minimum absolute atomic E-state index is 0.0724. The van der Waals surface area contributed by atoms with Crippen LogP contribution in [-0.2, 0) is 14.3 Å². The first-order valence-corrected chi connectivity index (χ1v) is 9.19. The molecule has 1 fully saturated rings. The highest BCUT2D eigenvalue weighted by Crippen LogP contribution is 2.25. The van der Waals surface area contributed by atoms with Gasteiger partial charge in [0.05, 0.1) is 12.2 Å². The summed E-state index contributed by atoms with van der Waals surface area (Å²) in [6.45, 7) is 10.7. The van der Waals surface area contributed by atoms with Gasteiger partial charge in [-0.05, 0) is 64.7 Å². The third-order valence-corrected chi connectivity index (χ3v) is 4.51. The normalized spacial score (nSPS) is 22.8. The Morgan fingerprint density at radius 1 is 1.27 bits per heavy atom. The molecule has 1 aliphatic heterocycles. The van der Waals surface area contributed by atoms with Gasteiger partial charge >= 0.3 is 5.97 Å². The molecule has 0 saturated carbocycles. The van der Waals surface area contributed by atoms with Crippen LogP contribution in [0.4, 0.5) is 0 Å². The number of rotatable bonds is 9. The van der Waals surface area contributed by atoms with Gasteiger partial charge < -0.3 is 9.47 Å². The lowest BCUT2D eigenvalue weighted by Gasteiger charge is -2.30. The average Bonchev–Trinajstić information content (AvgIpc) is 2.44. The molecule has 1 heterocycles. The second kappa shape index (κ2) is 9.54. The summed E-state index contributed by atoms with van der Waals surface area (Å²) in [6, 6.07) is 0. The van der Waals surface area contributed by atoms with Crippen molar-refractivity contribution in [2.45, 2.75) is 110 Å². The molecule has 0 aromatic rings. The van der Waals surface area contributed by atoms with E-state index in [0.717, 1.165) is 32.1 Å². The predicted octanol–water partition coefficient (Wildman–Crippen LogP) is 5.26. The van der Waals surface area contributed by atoms with Crippen molar-refractivity contribution in [1.82, 2.24) is 0 Å². The van der Waals surface area contributed by atoms with Crippen molar-refractivity contribution < 1.29 is 14.3 Å². The number of ether oxygens (including phenoxy) is 2. The Labute approximate surface area is 137 Å². The Hall–Kier alpha value is -0.570. The molecule has 2 unspecified atom stereocenters. The third-order valence-electron chi connectivity index (χ3n) is 4.51. The Morgan fingerprint density at radius 2 is 1.95 bits per heavy atom. The highest BCUT2D eigenvalue weighted by atomic mass is 16.6. The highest BCUT2D eigenvalue weighted by molar-refractivity contribution is 5.69. The monoisotopic (exact) mass is 312 g/mol. The number of esters is 1. The van der Waals surface area contributed by atoms with Gasteiger partial charge in [-0.3, -0.25) is 4.79 Å². The van der Waals surface area contributed by atoms with Gasteiger partial charge in [0, 0.05) is 6.42 Å². The van der Waals surface area contributed by atoms with E-state index >= 15 is 0 Å². The van der Waals surface area contributed by atoms with Crippen LogP contribution in [0.25, 0.3) is 0 Å². The van der Waals surface area contributed by atoms with Gasteiger partial charge in [0.15, 0.2) is 0 Å². The minimum atomic E-state index is -0.342. The van der Waals surface area contributed by atoms with Gasteiger partial charge in [0.25, 0.3) is 0 Å². The SMILES string of the molecule is CCC1CCCC(CCC(=O)OC(C)(C)CCCC(C)C)O1. The zero-order chi connectivity index (χ0) is 16.6. The molecule has 130 valence electrons. The maximum absolute atomic E-state index is 12.1. The van der Waals surface area contributed by atoms with Crippen LogP contribution in [0, 0.1) is 5.92 Å². The molecule has 1 aliphatic rings. The van der Waals surface area contributed by atoms with E-state index < -0.39 is 0 Å². The van der Waals surface area contributed by atoms with Crippen LogP contribution in [0.1, 0.15) is 92.4 Å². The van der Waals surface area contributed by atoms with E-state index in [-0.39, 0.29) is 17.7 Å². The lowest BCUT2D eigenvalue weighted by atomic mass is 9.97. The number of carbonyl (C=O) groups excluding carboxylic acids is 1. The van der Waals surface area contributed by atoms with Gasteiger partial charge in [-0.1, -0.05) is 27.2 Å². The van der Waals surface area contributed by atoms with Crippen molar-refractivity contribution in [2.75, 3.05) is 0 Å². The molecule has 0 spiro atoms. The van der Waals surface area contributed by atoms with E-state index in [4.69, 9.17) is 9.47 Å². The summed E-state index contributed by atoms with van der Waals surface area (Å²) in [7, 11) is 0. The lowest BCUT2D eigenvalue weighted by molar-refractivity contribution is -0.158. The Kier molecular flexibility index (Phi) is 8.45. The molecular weight excluding hydrogens is 276 g/mol. The number of carbonyl (C=O) groups is 1. The number of hydrogen-bond acceptors (Lipinski definition) is 3. The molecule has 0 aromatic carbocycles. The van der Waals surface area contributed by atoms with Crippen molar-refractivity contribution >= 4 is 5.97 Å². The maximum Gasteiger partial charge on any atom is 0.306 e. The quantitative estimate of drug-likeness (QED) is 0.545. The van der Waals surface area contributed by atoms with E-state index in [1.807, 2.05) is 13.8 Å². The van der Waals surface area contributed by atoms with E-state index in [2.05, 4.69) is 20.8 Å². The van der Waals surface area contributed by atoms with Crippen LogP contribution < -0.4 is 0 Å². The average molecular weight is 312 g/mol.